The van der Waals surface area contributed by atoms with Crippen LogP contribution in [-0.4, -0.2) is 63.4 Å². The second-order valence-corrected chi connectivity index (χ2v) is 7.80. The van der Waals surface area contributed by atoms with Gasteiger partial charge in [0, 0.05) is 26.2 Å². The molecular formula is C14H19Cl2N3O3S. The Labute approximate surface area is 146 Å². The van der Waals surface area contributed by atoms with E-state index in [0.717, 1.165) is 19.6 Å². The summed E-state index contributed by atoms with van der Waals surface area (Å²) in [5, 5.41) is 0.423. The van der Waals surface area contributed by atoms with Crippen LogP contribution in [-0.2, 0) is 14.8 Å². The summed E-state index contributed by atoms with van der Waals surface area (Å²) in [4.78, 5) is 16.0. The van der Waals surface area contributed by atoms with Gasteiger partial charge in [0.05, 0.1) is 21.5 Å². The molecule has 1 aromatic rings. The van der Waals surface area contributed by atoms with E-state index in [1.807, 2.05) is 0 Å². The molecule has 1 amide bonds. The van der Waals surface area contributed by atoms with Gasteiger partial charge in [-0.25, -0.2) is 13.1 Å². The second kappa shape index (κ2) is 7.81. The summed E-state index contributed by atoms with van der Waals surface area (Å²) in [6.07, 6.45) is 0. The number of amides is 1. The smallest absolute Gasteiger partial charge is 0.241 e. The Morgan fingerprint density at radius 2 is 1.83 bits per heavy atom. The van der Waals surface area contributed by atoms with E-state index in [2.05, 4.69) is 16.5 Å². The third-order valence-corrected chi connectivity index (χ3v) is 5.92. The molecule has 0 atom stereocenters. The molecule has 0 unspecified atom stereocenters. The molecule has 1 heterocycles. The van der Waals surface area contributed by atoms with Crippen LogP contribution in [0.2, 0.25) is 10.0 Å². The highest BCUT2D eigenvalue weighted by Gasteiger charge is 2.22. The molecule has 6 nitrogen and oxygen atoms in total. The molecule has 0 spiro atoms. The van der Waals surface area contributed by atoms with Gasteiger partial charge in [-0.1, -0.05) is 30.1 Å². The maximum absolute atomic E-state index is 12.2. The van der Waals surface area contributed by atoms with Crippen LogP contribution in [0.25, 0.3) is 0 Å². The number of rotatable bonds is 5. The molecule has 1 fully saturated rings. The molecule has 0 radical (unpaired) electrons. The standard InChI is InChI=1S/C14H19Cl2N3O3S/c1-2-18-5-7-19(8-6-18)14(20)10-17-23(21,22)11-3-4-12(15)13(16)9-11/h3-4,9,17H,2,5-8,10H2,1H3. The summed E-state index contributed by atoms with van der Waals surface area (Å²) in [5.74, 6) is -0.232. The van der Waals surface area contributed by atoms with E-state index in [4.69, 9.17) is 23.2 Å². The molecule has 23 heavy (non-hydrogen) atoms. The molecular weight excluding hydrogens is 361 g/mol. The predicted octanol–water partition coefficient (Wildman–Crippen LogP) is 1.44. The van der Waals surface area contributed by atoms with E-state index in [9.17, 15) is 13.2 Å². The largest absolute Gasteiger partial charge is 0.339 e. The number of halogens is 2. The maximum Gasteiger partial charge on any atom is 0.241 e. The van der Waals surface area contributed by atoms with Crippen LogP contribution in [0.3, 0.4) is 0 Å². The summed E-state index contributed by atoms with van der Waals surface area (Å²) < 4.78 is 26.7. The third-order valence-electron chi connectivity index (χ3n) is 3.79. The number of carbonyl (C=O) groups excluding carboxylic acids is 1. The van der Waals surface area contributed by atoms with E-state index >= 15 is 0 Å². The molecule has 9 heteroatoms. The van der Waals surface area contributed by atoms with Gasteiger partial charge in [-0.3, -0.25) is 4.79 Å². The first-order valence-corrected chi connectivity index (χ1v) is 9.52. The fraction of sp³-hybridized carbons (Fsp3) is 0.500. The first-order chi connectivity index (χ1) is 10.8. The van der Waals surface area contributed by atoms with Crippen LogP contribution >= 0.6 is 23.2 Å². The molecule has 0 aliphatic carbocycles. The highest BCUT2D eigenvalue weighted by Crippen LogP contribution is 2.24. The number of hydrogen-bond acceptors (Lipinski definition) is 4. The number of nitrogens with zero attached hydrogens (tertiary/aromatic N) is 2. The maximum atomic E-state index is 12.2. The Hall–Kier alpha value is -0.860. The molecule has 1 saturated heterocycles. The lowest BCUT2D eigenvalue weighted by Crippen LogP contribution is -2.51. The van der Waals surface area contributed by atoms with Crippen LogP contribution in [0.15, 0.2) is 23.1 Å². The summed E-state index contributed by atoms with van der Waals surface area (Å²) in [6.45, 7) is 5.59. The minimum Gasteiger partial charge on any atom is -0.339 e. The van der Waals surface area contributed by atoms with E-state index in [1.165, 1.54) is 18.2 Å². The van der Waals surface area contributed by atoms with Crippen LogP contribution in [0, 0.1) is 0 Å². The molecule has 1 aromatic carbocycles. The molecule has 1 aliphatic rings. The van der Waals surface area contributed by atoms with Gasteiger partial charge in [-0.2, -0.15) is 0 Å². The lowest BCUT2D eigenvalue weighted by molar-refractivity contribution is -0.131. The fourth-order valence-corrected chi connectivity index (χ4v) is 3.67. The van der Waals surface area contributed by atoms with E-state index in [1.54, 1.807) is 4.90 Å². The van der Waals surface area contributed by atoms with Crippen LogP contribution in [0.5, 0.6) is 0 Å². The minimum absolute atomic E-state index is 0.0181. The molecule has 0 aromatic heterocycles. The number of likely N-dealkylation sites (N-methyl/N-ethyl adjacent to an activating group) is 1. The number of nitrogens with one attached hydrogen (secondary N) is 1. The third kappa shape index (κ3) is 4.81. The van der Waals surface area contributed by atoms with Crippen molar-refractivity contribution in [2.75, 3.05) is 39.3 Å². The number of sulfonamides is 1. The van der Waals surface area contributed by atoms with E-state index in [0.29, 0.717) is 13.1 Å². The zero-order chi connectivity index (χ0) is 17.0. The zero-order valence-electron chi connectivity index (χ0n) is 12.8. The summed E-state index contributed by atoms with van der Waals surface area (Å²) >= 11 is 11.6. The average Bonchev–Trinajstić information content (AvgIpc) is 2.55. The van der Waals surface area contributed by atoms with Crippen molar-refractivity contribution in [2.45, 2.75) is 11.8 Å². The molecule has 2 rings (SSSR count). The monoisotopic (exact) mass is 379 g/mol. The molecule has 128 valence electrons. The van der Waals surface area contributed by atoms with Gasteiger partial charge in [0.25, 0.3) is 0 Å². The average molecular weight is 380 g/mol. The minimum atomic E-state index is -3.80. The molecule has 1 aliphatic heterocycles. The zero-order valence-corrected chi connectivity index (χ0v) is 15.1. The SMILES string of the molecule is CCN1CCN(C(=O)CNS(=O)(=O)c2ccc(Cl)c(Cl)c2)CC1. The summed E-state index contributed by atoms with van der Waals surface area (Å²) in [7, 11) is -3.80. The fourth-order valence-electron chi connectivity index (χ4n) is 2.31. The Balaban J connectivity index is 1.94. The molecule has 0 saturated carbocycles. The number of hydrogen-bond donors (Lipinski definition) is 1. The lowest BCUT2D eigenvalue weighted by Gasteiger charge is -2.34. The van der Waals surface area contributed by atoms with Gasteiger partial charge in [-0.15, -0.1) is 0 Å². The van der Waals surface area contributed by atoms with Crippen molar-refractivity contribution in [3.63, 3.8) is 0 Å². The van der Waals surface area contributed by atoms with Gasteiger partial charge in [0.15, 0.2) is 0 Å². The first kappa shape index (κ1) is 18.5. The lowest BCUT2D eigenvalue weighted by atomic mass is 10.3. The van der Waals surface area contributed by atoms with Gasteiger partial charge in [0.2, 0.25) is 15.9 Å². The van der Waals surface area contributed by atoms with Gasteiger partial charge < -0.3 is 9.80 Å². The Bertz CT molecular complexity index is 674. The topological polar surface area (TPSA) is 69.7 Å². The highest BCUT2D eigenvalue weighted by atomic mass is 35.5. The normalized spacial score (nSPS) is 16.6. The van der Waals surface area contributed by atoms with Gasteiger partial charge in [-0.05, 0) is 24.7 Å². The number of benzene rings is 1. The second-order valence-electron chi connectivity index (χ2n) is 5.22. The van der Waals surface area contributed by atoms with E-state index < -0.39 is 10.0 Å². The van der Waals surface area contributed by atoms with Crippen molar-refractivity contribution < 1.29 is 13.2 Å². The Kier molecular flexibility index (Phi) is 6.27. The van der Waals surface area contributed by atoms with Crippen LogP contribution < -0.4 is 4.72 Å². The van der Waals surface area contributed by atoms with E-state index in [-0.39, 0.29) is 27.4 Å². The van der Waals surface area contributed by atoms with Crippen molar-refractivity contribution in [3.05, 3.63) is 28.2 Å². The predicted molar refractivity (Wildman–Crippen MR) is 90.3 cm³/mol. The van der Waals surface area contributed by atoms with Crippen LogP contribution in [0.4, 0.5) is 0 Å². The van der Waals surface area contributed by atoms with Crippen molar-refractivity contribution in [1.29, 1.82) is 0 Å². The highest BCUT2D eigenvalue weighted by molar-refractivity contribution is 7.89. The summed E-state index contributed by atoms with van der Waals surface area (Å²) in [5.41, 5.74) is 0. The quantitative estimate of drug-likeness (QED) is 0.839. The number of carbonyl (C=O) groups is 1. The van der Waals surface area contributed by atoms with Crippen molar-refractivity contribution in [2.24, 2.45) is 0 Å². The molecule has 0 bridgehead atoms. The number of piperazine rings is 1. The first-order valence-electron chi connectivity index (χ1n) is 7.28. The van der Waals surface area contributed by atoms with Crippen molar-refractivity contribution >= 4 is 39.1 Å². The summed E-state index contributed by atoms with van der Waals surface area (Å²) in [6, 6.07) is 4.02. The van der Waals surface area contributed by atoms with Gasteiger partial charge in [0.1, 0.15) is 0 Å². The Morgan fingerprint density at radius 3 is 2.39 bits per heavy atom. The van der Waals surface area contributed by atoms with Crippen LogP contribution in [0.1, 0.15) is 6.92 Å². The van der Waals surface area contributed by atoms with Gasteiger partial charge >= 0.3 is 0 Å². The van der Waals surface area contributed by atoms with Crippen molar-refractivity contribution in [3.8, 4) is 0 Å². The Morgan fingerprint density at radius 1 is 1.17 bits per heavy atom. The van der Waals surface area contributed by atoms with Crippen molar-refractivity contribution in [1.82, 2.24) is 14.5 Å². The molecule has 1 N–H and O–H groups in total.